The molecule has 19 heavy (non-hydrogen) atoms. The number of hydrogen-bond acceptors (Lipinski definition) is 3. The van der Waals surface area contributed by atoms with Crippen LogP contribution in [-0.4, -0.2) is 24.0 Å². The van der Waals surface area contributed by atoms with Crippen LogP contribution in [0, 0.1) is 11.8 Å². The minimum absolute atomic E-state index is 0.0970. The zero-order chi connectivity index (χ0) is 13.9. The number of carbonyl (C=O) groups excluding carboxylic acids is 1. The number of hydrogen-bond donors (Lipinski definition) is 2. The van der Waals surface area contributed by atoms with Crippen molar-refractivity contribution in [2.45, 2.75) is 32.6 Å². The highest BCUT2D eigenvalue weighted by atomic mass is 16.1. The second-order valence-corrected chi connectivity index (χ2v) is 4.24. The minimum atomic E-state index is -0.0970. The van der Waals surface area contributed by atoms with E-state index in [0.717, 1.165) is 12.8 Å². The van der Waals surface area contributed by atoms with E-state index in [2.05, 4.69) is 29.1 Å². The van der Waals surface area contributed by atoms with Crippen LogP contribution in [0.5, 0.6) is 0 Å². The normalized spacial score (nSPS) is 9.58. The van der Waals surface area contributed by atoms with E-state index < -0.39 is 0 Å². The average Bonchev–Trinajstić information content (AvgIpc) is 2.45. The summed E-state index contributed by atoms with van der Waals surface area (Å²) in [6.45, 7) is 3.13. The third-order valence-corrected chi connectivity index (χ3v) is 2.71. The highest BCUT2D eigenvalue weighted by Crippen LogP contribution is 2.05. The quantitative estimate of drug-likeness (QED) is 0.603. The van der Waals surface area contributed by atoms with E-state index >= 15 is 0 Å². The molecule has 1 aromatic rings. The summed E-state index contributed by atoms with van der Waals surface area (Å²) in [5.41, 5.74) is 6.52. The molecule has 0 aliphatic carbocycles. The molecule has 0 aliphatic heterocycles. The average molecular weight is 259 g/mol. The lowest BCUT2D eigenvalue weighted by Crippen LogP contribution is -2.25. The number of nitrogens with one attached hydrogen (secondary N) is 1. The van der Waals surface area contributed by atoms with Crippen LogP contribution in [0.4, 0.5) is 0 Å². The van der Waals surface area contributed by atoms with Gasteiger partial charge in [0.05, 0.1) is 17.7 Å². The molecule has 1 heterocycles. The lowest BCUT2D eigenvalue weighted by molar-refractivity contribution is 0.0952. The van der Waals surface area contributed by atoms with Crippen molar-refractivity contribution in [2.24, 2.45) is 5.73 Å². The molecule has 0 spiro atoms. The van der Waals surface area contributed by atoms with Crippen molar-refractivity contribution in [2.75, 3.05) is 13.1 Å². The summed E-state index contributed by atoms with van der Waals surface area (Å²) in [6.07, 6.45) is 7.74. The molecular formula is C15H21N3O. The van der Waals surface area contributed by atoms with Crippen molar-refractivity contribution >= 4 is 5.91 Å². The molecule has 0 saturated carbocycles. The first-order valence-electron chi connectivity index (χ1n) is 6.70. The van der Waals surface area contributed by atoms with Gasteiger partial charge in [0.15, 0.2) is 0 Å². The fraction of sp³-hybridized carbons (Fsp3) is 0.467. The molecule has 4 heteroatoms. The van der Waals surface area contributed by atoms with Crippen molar-refractivity contribution in [1.82, 2.24) is 10.3 Å². The maximum Gasteiger partial charge on any atom is 0.252 e. The van der Waals surface area contributed by atoms with E-state index in [4.69, 9.17) is 5.73 Å². The number of unbranched alkanes of at least 4 members (excludes halogenated alkanes) is 3. The molecule has 102 valence electrons. The first kappa shape index (κ1) is 15.2. The summed E-state index contributed by atoms with van der Waals surface area (Å²) in [5, 5.41) is 2.91. The Morgan fingerprint density at radius 3 is 3.00 bits per heavy atom. The Balaban J connectivity index is 2.56. The molecule has 1 rings (SSSR count). The summed E-state index contributed by atoms with van der Waals surface area (Å²) in [5.74, 6) is 5.51. The van der Waals surface area contributed by atoms with Gasteiger partial charge in [-0.2, -0.15) is 0 Å². The lowest BCUT2D eigenvalue weighted by atomic mass is 10.1. The molecule has 0 unspecified atom stereocenters. The molecule has 3 N–H and O–H groups in total. The molecule has 0 aromatic carbocycles. The van der Waals surface area contributed by atoms with E-state index in [-0.39, 0.29) is 12.5 Å². The Bertz CT molecular complexity index is 460. The molecular weight excluding hydrogens is 238 g/mol. The van der Waals surface area contributed by atoms with Crippen molar-refractivity contribution in [3.63, 3.8) is 0 Å². The monoisotopic (exact) mass is 259 g/mol. The third-order valence-electron chi connectivity index (χ3n) is 2.71. The number of pyridine rings is 1. The standard InChI is InChI=1S/C15H21N3O/c1-2-3-4-5-10-18-15(19)14-8-11-17-12-13(14)7-6-9-16/h8,11-12H,2-5,9-10,16H2,1H3,(H,18,19). The summed E-state index contributed by atoms with van der Waals surface area (Å²) in [4.78, 5) is 16.0. The van der Waals surface area contributed by atoms with E-state index in [1.165, 1.54) is 12.8 Å². The molecule has 1 aromatic heterocycles. The fourth-order valence-corrected chi connectivity index (χ4v) is 1.69. The van der Waals surface area contributed by atoms with Gasteiger partial charge in [0, 0.05) is 18.9 Å². The van der Waals surface area contributed by atoms with Gasteiger partial charge in [-0.3, -0.25) is 9.78 Å². The second-order valence-electron chi connectivity index (χ2n) is 4.24. The third kappa shape index (κ3) is 5.54. The van der Waals surface area contributed by atoms with Crippen LogP contribution in [0.25, 0.3) is 0 Å². The van der Waals surface area contributed by atoms with Crippen LogP contribution in [-0.2, 0) is 0 Å². The van der Waals surface area contributed by atoms with Crippen molar-refractivity contribution in [3.05, 3.63) is 29.6 Å². The number of carbonyl (C=O) groups is 1. The van der Waals surface area contributed by atoms with Gasteiger partial charge in [0.1, 0.15) is 0 Å². The number of nitrogens with zero attached hydrogens (tertiary/aromatic N) is 1. The van der Waals surface area contributed by atoms with Crippen LogP contribution < -0.4 is 11.1 Å². The van der Waals surface area contributed by atoms with E-state index in [1.54, 1.807) is 18.5 Å². The molecule has 0 saturated heterocycles. The number of amides is 1. The zero-order valence-corrected chi connectivity index (χ0v) is 11.4. The highest BCUT2D eigenvalue weighted by molar-refractivity contribution is 5.96. The molecule has 4 nitrogen and oxygen atoms in total. The Morgan fingerprint density at radius 1 is 1.42 bits per heavy atom. The topological polar surface area (TPSA) is 68.0 Å². The predicted octanol–water partition coefficient (Wildman–Crippen LogP) is 1.70. The van der Waals surface area contributed by atoms with Gasteiger partial charge in [0.25, 0.3) is 5.91 Å². The van der Waals surface area contributed by atoms with Crippen LogP contribution in [0.1, 0.15) is 48.5 Å². The summed E-state index contributed by atoms with van der Waals surface area (Å²) in [7, 11) is 0. The van der Waals surface area contributed by atoms with Gasteiger partial charge in [-0.25, -0.2) is 0 Å². The van der Waals surface area contributed by atoms with Crippen LogP contribution in [0.2, 0.25) is 0 Å². The molecule has 0 radical (unpaired) electrons. The van der Waals surface area contributed by atoms with Gasteiger partial charge >= 0.3 is 0 Å². The Kier molecular flexibility index (Phi) is 7.30. The zero-order valence-electron chi connectivity index (χ0n) is 11.4. The Morgan fingerprint density at radius 2 is 2.26 bits per heavy atom. The summed E-state index contributed by atoms with van der Waals surface area (Å²) < 4.78 is 0. The second kappa shape index (κ2) is 9.12. The number of nitrogens with two attached hydrogens (primary N) is 1. The lowest BCUT2D eigenvalue weighted by Gasteiger charge is -2.06. The van der Waals surface area contributed by atoms with Crippen LogP contribution in [0.3, 0.4) is 0 Å². The van der Waals surface area contributed by atoms with E-state index in [9.17, 15) is 4.79 Å². The molecule has 1 amide bonds. The SMILES string of the molecule is CCCCCCNC(=O)c1ccncc1C#CCN. The van der Waals surface area contributed by atoms with Crippen molar-refractivity contribution in [3.8, 4) is 11.8 Å². The highest BCUT2D eigenvalue weighted by Gasteiger charge is 2.08. The van der Waals surface area contributed by atoms with Gasteiger partial charge in [-0.1, -0.05) is 38.0 Å². The molecule has 0 bridgehead atoms. The summed E-state index contributed by atoms with van der Waals surface area (Å²) >= 11 is 0. The van der Waals surface area contributed by atoms with Crippen molar-refractivity contribution in [1.29, 1.82) is 0 Å². The maximum atomic E-state index is 12.0. The van der Waals surface area contributed by atoms with Gasteiger partial charge in [0.2, 0.25) is 0 Å². The first-order chi connectivity index (χ1) is 9.29. The van der Waals surface area contributed by atoms with E-state index in [0.29, 0.717) is 17.7 Å². The maximum absolute atomic E-state index is 12.0. The van der Waals surface area contributed by atoms with Gasteiger partial charge in [-0.05, 0) is 12.5 Å². The number of rotatable bonds is 6. The van der Waals surface area contributed by atoms with Crippen molar-refractivity contribution < 1.29 is 4.79 Å². The fourth-order valence-electron chi connectivity index (χ4n) is 1.69. The van der Waals surface area contributed by atoms with Gasteiger partial charge in [-0.15, -0.1) is 0 Å². The largest absolute Gasteiger partial charge is 0.352 e. The number of aromatic nitrogens is 1. The Hall–Kier alpha value is -1.86. The minimum Gasteiger partial charge on any atom is -0.352 e. The summed E-state index contributed by atoms with van der Waals surface area (Å²) in [6, 6.07) is 1.68. The van der Waals surface area contributed by atoms with E-state index in [1.807, 2.05) is 0 Å². The molecule has 0 fully saturated rings. The van der Waals surface area contributed by atoms with Crippen LogP contribution >= 0.6 is 0 Å². The smallest absolute Gasteiger partial charge is 0.252 e. The molecule has 0 atom stereocenters. The van der Waals surface area contributed by atoms with Gasteiger partial charge < -0.3 is 11.1 Å². The molecule has 0 aliphatic rings. The van der Waals surface area contributed by atoms with Crippen LogP contribution in [0.15, 0.2) is 18.5 Å². The first-order valence-corrected chi connectivity index (χ1v) is 6.70. The predicted molar refractivity (Wildman–Crippen MR) is 76.6 cm³/mol. The Labute approximate surface area is 114 Å².